The Bertz CT molecular complexity index is 386. The van der Waals surface area contributed by atoms with Crippen molar-refractivity contribution in [3.05, 3.63) is 29.8 Å². The van der Waals surface area contributed by atoms with Crippen LogP contribution in [0.3, 0.4) is 0 Å². The molecule has 1 aromatic carbocycles. The van der Waals surface area contributed by atoms with E-state index in [2.05, 4.69) is 10.6 Å². The molecule has 4 N–H and O–H groups in total. The Hall–Kier alpha value is -1.55. The van der Waals surface area contributed by atoms with Crippen LogP contribution in [-0.2, 0) is 0 Å². The summed E-state index contributed by atoms with van der Waals surface area (Å²) < 4.78 is 0. The third-order valence-electron chi connectivity index (χ3n) is 2.58. The van der Waals surface area contributed by atoms with E-state index in [0.717, 1.165) is 24.1 Å². The molecule has 0 aromatic heterocycles. The minimum absolute atomic E-state index is 0.0201. The van der Waals surface area contributed by atoms with E-state index in [-0.39, 0.29) is 12.1 Å². The number of carbonyl (C=O) groups excluding carboxylic acids is 1. The van der Waals surface area contributed by atoms with Gasteiger partial charge in [-0.3, -0.25) is 0 Å². The normalized spacial score (nSPS) is 16.6. The van der Waals surface area contributed by atoms with Crippen LogP contribution in [0, 0.1) is 0 Å². The van der Waals surface area contributed by atoms with E-state index in [9.17, 15) is 4.79 Å². The number of nitrogens with two attached hydrogens (primary N) is 1. The molecular weight excluding hydrogens is 202 g/mol. The molecule has 0 heterocycles. The molecule has 1 atom stereocenters. The van der Waals surface area contributed by atoms with E-state index < -0.39 is 0 Å². The number of nitrogens with one attached hydrogen (secondary N) is 2. The highest BCUT2D eigenvalue weighted by Crippen LogP contribution is 2.19. The predicted octanol–water partition coefficient (Wildman–Crippen LogP) is 1.99. The third kappa shape index (κ3) is 2.97. The maximum absolute atomic E-state index is 11.5. The molecule has 1 unspecified atom stereocenters. The molecule has 0 aliphatic heterocycles. The van der Waals surface area contributed by atoms with Crippen LogP contribution in [0.1, 0.15) is 31.4 Å². The molecule has 2 amide bonds. The van der Waals surface area contributed by atoms with Crippen LogP contribution in [0.25, 0.3) is 0 Å². The summed E-state index contributed by atoms with van der Waals surface area (Å²) in [5, 5.41) is 5.67. The number of carbonyl (C=O) groups is 1. The van der Waals surface area contributed by atoms with Gasteiger partial charge < -0.3 is 16.4 Å². The molecule has 1 aromatic rings. The molecule has 86 valence electrons. The minimum atomic E-state index is -0.135. The van der Waals surface area contributed by atoms with E-state index in [1.165, 1.54) is 0 Å². The monoisotopic (exact) mass is 219 g/mol. The van der Waals surface area contributed by atoms with Gasteiger partial charge in [-0.05, 0) is 37.5 Å². The van der Waals surface area contributed by atoms with Crippen molar-refractivity contribution < 1.29 is 4.79 Å². The SMILES string of the molecule is CC(N)c1cccc(NC(=O)NC2CC2)c1. The summed E-state index contributed by atoms with van der Waals surface area (Å²) in [7, 11) is 0. The summed E-state index contributed by atoms with van der Waals surface area (Å²) in [4.78, 5) is 11.5. The molecule has 16 heavy (non-hydrogen) atoms. The van der Waals surface area contributed by atoms with E-state index in [4.69, 9.17) is 5.73 Å². The van der Waals surface area contributed by atoms with E-state index in [1.807, 2.05) is 31.2 Å². The lowest BCUT2D eigenvalue weighted by molar-refractivity contribution is 0.251. The number of benzene rings is 1. The Morgan fingerprint density at radius 2 is 2.25 bits per heavy atom. The molecular formula is C12H17N3O. The van der Waals surface area contributed by atoms with Crippen LogP contribution >= 0.6 is 0 Å². The predicted molar refractivity (Wildman–Crippen MR) is 64.2 cm³/mol. The number of urea groups is 1. The number of hydrogen-bond acceptors (Lipinski definition) is 2. The largest absolute Gasteiger partial charge is 0.335 e. The molecule has 0 spiro atoms. The minimum Gasteiger partial charge on any atom is -0.335 e. The highest BCUT2D eigenvalue weighted by molar-refractivity contribution is 5.89. The quantitative estimate of drug-likeness (QED) is 0.727. The number of hydrogen-bond donors (Lipinski definition) is 3. The van der Waals surface area contributed by atoms with Gasteiger partial charge in [-0.2, -0.15) is 0 Å². The van der Waals surface area contributed by atoms with E-state index in [1.54, 1.807) is 0 Å². The highest BCUT2D eigenvalue weighted by atomic mass is 16.2. The Kier molecular flexibility index (Phi) is 3.10. The van der Waals surface area contributed by atoms with E-state index in [0.29, 0.717) is 6.04 Å². The molecule has 0 saturated heterocycles. The first-order valence-corrected chi connectivity index (χ1v) is 5.58. The van der Waals surface area contributed by atoms with Gasteiger partial charge in [0.15, 0.2) is 0 Å². The maximum Gasteiger partial charge on any atom is 0.319 e. The summed E-state index contributed by atoms with van der Waals surface area (Å²) in [6, 6.07) is 7.82. The van der Waals surface area contributed by atoms with Gasteiger partial charge in [-0.25, -0.2) is 4.79 Å². The van der Waals surface area contributed by atoms with Crippen LogP contribution in [0.2, 0.25) is 0 Å². The fourth-order valence-corrected chi connectivity index (χ4v) is 1.48. The number of rotatable bonds is 3. The first kappa shape index (κ1) is 11.0. The topological polar surface area (TPSA) is 67.1 Å². The summed E-state index contributed by atoms with van der Waals surface area (Å²) >= 11 is 0. The van der Waals surface area contributed by atoms with Crippen LogP contribution < -0.4 is 16.4 Å². The molecule has 0 radical (unpaired) electrons. The Morgan fingerprint density at radius 1 is 1.50 bits per heavy atom. The average Bonchev–Trinajstić information content (AvgIpc) is 3.01. The van der Waals surface area contributed by atoms with Crippen molar-refractivity contribution in [3.63, 3.8) is 0 Å². The zero-order valence-electron chi connectivity index (χ0n) is 9.36. The second-order valence-corrected chi connectivity index (χ2v) is 4.29. The molecule has 0 bridgehead atoms. The van der Waals surface area contributed by atoms with E-state index >= 15 is 0 Å². The summed E-state index contributed by atoms with van der Waals surface area (Å²) in [5.74, 6) is 0. The van der Waals surface area contributed by atoms with Crippen LogP contribution in [0.4, 0.5) is 10.5 Å². The Labute approximate surface area is 95.2 Å². The van der Waals surface area contributed by atoms with Gasteiger partial charge >= 0.3 is 6.03 Å². The van der Waals surface area contributed by atoms with Gasteiger partial charge in [0.25, 0.3) is 0 Å². The molecule has 4 heteroatoms. The number of anilines is 1. The van der Waals surface area contributed by atoms with Crippen molar-refractivity contribution in [1.82, 2.24) is 5.32 Å². The highest BCUT2D eigenvalue weighted by Gasteiger charge is 2.23. The molecule has 1 aliphatic carbocycles. The standard InChI is InChI=1S/C12H17N3O/c1-8(13)9-3-2-4-11(7-9)15-12(16)14-10-5-6-10/h2-4,7-8,10H,5-6,13H2,1H3,(H2,14,15,16). The first-order chi connectivity index (χ1) is 7.65. The molecule has 1 saturated carbocycles. The summed E-state index contributed by atoms with van der Waals surface area (Å²) in [6.07, 6.45) is 2.18. The third-order valence-corrected chi connectivity index (χ3v) is 2.58. The van der Waals surface area contributed by atoms with Gasteiger partial charge in [-0.15, -0.1) is 0 Å². The van der Waals surface area contributed by atoms with Crippen molar-refractivity contribution in [1.29, 1.82) is 0 Å². The average molecular weight is 219 g/mol. The zero-order valence-corrected chi connectivity index (χ0v) is 9.36. The van der Waals surface area contributed by atoms with Crippen molar-refractivity contribution >= 4 is 11.7 Å². The van der Waals surface area contributed by atoms with Crippen molar-refractivity contribution in [2.45, 2.75) is 31.8 Å². The lowest BCUT2D eigenvalue weighted by Gasteiger charge is -2.10. The molecule has 1 aliphatic rings. The zero-order chi connectivity index (χ0) is 11.5. The number of amides is 2. The maximum atomic E-state index is 11.5. The molecule has 2 rings (SSSR count). The smallest absolute Gasteiger partial charge is 0.319 e. The van der Waals surface area contributed by atoms with Crippen molar-refractivity contribution in [2.24, 2.45) is 5.73 Å². The summed E-state index contributed by atoms with van der Waals surface area (Å²) in [6.45, 7) is 1.92. The van der Waals surface area contributed by atoms with Crippen molar-refractivity contribution in [3.8, 4) is 0 Å². The van der Waals surface area contributed by atoms with Crippen LogP contribution in [0.15, 0.2) is 24.3 Å². The van der Waals surface area contributed by atoms with Crippen LogP contribution in [-0.4, -0.2) is 12.1 Å². The second-order valence-electron chi connectivity index (χ2n) is 4.29. The van der Waals surface area contributed by atoms with Crippen molar-refractivity contribution in [2.75, 3.05) is 5.32 Å². The first-order valence-electron chi connectivity index (χ1n) is 5.58. The Balaban J connectivity index is 1.97. The van der Waals surface area contributed by atoms with Gasteiger partial charge in [-0.1, -0.05) is 12.1 Å². The van der Waals surface area contributed by atoms with Crippen LogP contribution in [0.5, 0.6) is 0 Å². The molecule has 4 nitrogen and oxygen atoms in total. The second kappa shape index (κ2) is 4.53. The fourth-order valence-electron chi connectivity index (χ4n) is 1.48. The lowest BCUT2D eigenvalue weighted by Crippen LogP contribution is -2.30. The van der Waals surface area contributed by atoms with Gasteiger partial charge in [0.2, 0.25) is 0 Å². The van der Waals surface area contributed by atoms with Gasteiger partial charge in [0, 0.05) is 17.8 Å². The van der Waals surface area contributed by atoms with Gasteiger partial charge in [0.05, 0.1) is 0 Å². The lowest BCUT2D eigenvalue weighted by atomic mass is 10.1. The summed E-state index contributed by atoms with van der Waals surface area (Å²) in [5.41, 5.74) is 7.58. The molecule has 1 fully saturated rings. The fraction of sp³-hybridized carbons (Fsp3) is 0.417. The Morgan fingerprint density at radius 3 is 2.88 bits per heavy atom. The van der Waals surface area contributed by atoms with Gasteiger partial charge in [0.1, 0.15) is 0 Å².